The van der Waals surface area contributed by atoms with Gasteiger partial charge >= 0.3 is 0 Å². The van der Waals surface area contributed by atoms with Crippen LogP contribution in [0, 0.1) is 5.92 Å². The van der Waals surface area contributed by atoms with Crippen molar-refractivity contribution in [2.75, 3.05) is 39.8 Å². The molecule has 2 saturated heterocycles. The fourth-order valence-electron chi connectivity index (χ4n) is 4.07. The average Bonchev–Trinajstić information content (AvgIpc) is 2.66. The summed E-state index contributed by atoms with van der Waals surface area (Å²) in [6.45, 7) is 7.29. The molecule has 0 aliphatic carbocycles. The molecule has 2 fully saturated rings. The second-order valence-electron chi connectivity index (χ2n) is 7.71. The van der Waals surface area contributed by atoms with Crippen molar-refractivity contribution < 1.29 is 17.9 Å². The topological polar surface area (TPSA) is 79.0 Å². The summed E-state index contributed by atoms with van der Waals surface area (Å²) < 4.78 is 32.5. The number of carbonyl (C=O) groups is 1. The lowest BCUT2D eigenvalue weighted by Crippen LogP contribution is -2.68. The highest BCUT2D eigenvalue weighted by Gasteiger charge is 2.49. The molecule has 0 unspecified atom stereocenters. The molecule has 1 N–H and O–H groups in total. The molecular formula is C19H29N3O4S. The molecule has 150 valence electrons. The van der Waals surface area contributed by atoms with Crippen molar-refractivity contribution in [2.24, 2.45) is 5.92 Å². The van der Waals surface area contributed by atoms with E-state index in [1.807, 2.05) is 0 Å². The van der Waals surface area contributed by atoms with E-state index in [9.17, 15) is 13.2 Å². The Labute approximate surface area is 161 Å². The summed E-state index contributed by atoms with van der Waals surface area (Å²) in [7, 11) is -2.03. The summed E-state index contributed by atoms with van der Waals surface area (Å²) in [5, 5.41) is 2.98. The zero-order valence-corrected chi connectivity index (χ0v) is 17.1. The molecule has 1 spiro atoms. The number of amides is 1. The van der Waals surface area contributed by atoms with Gasteiger partial charge < -0.3 is 10.1 Å². The smallest absolute Gasteiger partial charge is 0.243 e. The van der Waals surface area contributed by atoms with Crippen LogP contribution in [0.3, 0.4) is 0 Å². The van der Waals surface area contributed by atoms with Crippen LogP contribution in [-0.4, -0.2) is 68.9 Å². The minimum absolute atomic E-state index is 0.0379. The van der Waals surface area contributed by atoms with E-state index in [1.165, 1.54) is 4.31 Å². The molecule has 0 bridgehead atoms. The number of piperazine rings is 1. The van der Waals surface area contributed by atoms with Crippen LogP contribution in [0.25, 0.3) is 0 Å². The van der Waals surface area contributed by atoms with Gasteiger partial charge in [-0.05, 0) is 43.0 Å². The van der Waals surface area contributed by atoms with Crippen LogP contribution >= 0.6 is 0 Å². The Bertz CT molecular complexity index is 769. The van der Waals surface area contributed by atoms with Gasteiger partial charge in [0.1, 0.15) is 11.3 Å². The van der Waals surface area contributed by atoms with Gasteiger partial charge in [0.05, 0.1) is 12.0 Å². The highest BCUT2D eigenvalue weighted by Crippen LogP contribution is 2.34. The van der Waals surface area contributed by atoms with Gasteiger partial charge in [-0.1, -0.05) is 13.8 Å². The predicted octanol–water partition coefficient (Wildman–Crippen LogP) is 1.31. The first-order valence-electron chi connectivity index (χ1n) is 9.47. The Morgan fingerprint density at radius 2 is 1.78 bits per heavy atom. The quantitative estimate of drug-likeness (QED) is 0.813. The normalized spacial score (nSPS) is 21.4. The molecule has 8 heteroatoms. The summed E-state index contributed by atoms with van der Waals surface area (Å²) in [6.07, 6.45) is 1.03. The first-order valence-corrected chi connectivity index (χ1v) is 10.9. The number of ether oxygens (including phenoxy) is 1. The number of rotatable bonds is 5. The van der Waals surface area contributed by atoms with Gasteiger partial charge in [-0.25, -0.2) is 8.42 Å². The highest BCUT2D eigenvalue weighted by molar-refractivity contribution is 7.89. The van der Waals surface area contributed by atoms with Gasteiger partial charge in [-0.2, -0.15) is 4.31 Å². The van der Waals surface area contributed by atoms with E-state index in [1.54, 1.807) is 31.4 Å². The Kier molecular flexibility index (Phi) is 5.79. The van der Waals surface area contributed by atoms with Crippen molar-refractivity contribution in [3.05, 3.63) is 24.3 Å². The zero-order valence-electron chi connectivity index (χ0n) is 16.3. The van der Waals surface area contributed by atoms with Crippen molar-refractivity contribution in [1.29, 1.82) is 0 Å². The molecule has 0 atom stereocenters. The lowest BCUT2D eigenvalue weighted by atomic mass is 9.83. The second kappa shape index (κ2) is 7.77. The van der Waals surface area contributed by atoms with E-state index < -0.39 is 15.6 Å². The van der Waals surface area contributed by atoms with Gasteiger partial charge in [0.15, 0.2) is 0 Å². The first-order chi connectivity index (χ1) is 12.8. The van der Waals surface area contributed by atoms with E-state index in [0.29, 0.717) is 44.1 Å². The highest BCUT2D eigenvalue weighted by atomic mass is 32.2. The van der Waals surface area contributed by atoms with Gasteiger partial charge in [-0.15, -0.1) is 0 Å². The SMILES string of the molecule is COc1ccc(S(=O)(=O)N2CCC3(CC2)C(=O)NCCN3CC(C)C)cc1. The summed E-state index contributed by atoms with van der Waals surface area (Å²) >= 11 is 0. The van der Waals surface area contributed by atoms with Crippen LogP contribution < -0.4 is 10.1 Å². The third-order valence-electron chi connectivity index (χ3n) is 5.53. The largest absolute Gasteiger partial charge is 0.497 e. The predicted molar refractivity (Wildman–Crippen MR) is 103 cm³/mol. The minimum Gasteiger partial charge on any atom is -0.497 e. The Hall–Kier alpha value is -1.64. The van der Waals surface area contributed by atoms with Crippen molar-refractivity contribution in [3.8, 4) is 5.75 Å². The zero-order chi connectivity index (χ0) is 19.7. The van der Waals surface area contributed by atoms with Crippen molar-refractivity contribution >= 4 is 15.9 Å². The summed E-state index contributed by atoms with van der Waals surface area (Å²) in [5.41, 5.74) is -0.589. The van der Waals surface area contributed by atoms with E-state index in [4.69, 9.17) is 4.74 Å². The second-order valence-corrected chi connectivity index (χ2v) is 9.64. The Morgan fingerprint density at radius 1 is 1.15 bits per heavy atom. The maximum absolute atomic E-state index is 13.0. The number of carbonyl (C=O) groups excluding carboxylic acids is 1. The molecule has 0 saturated carbocycles. The summed E-state index contributed by atoms with van der Waals surface area (Å²) in [5.74, 6) is 1.11. The maximum atomic E-state index is 13.0. The fraction of sp³-hybridized carbons (Fsp3) is 0.632. The van der Waals surface area contributed by atoms with Crippen molar-refractivity contribution in [2.45, 2.75) is 37.1 Å². The lowest BCUT2D eigenvalue weighted by molar-refractivity contribution is -0.141. The molecule has 2 aliphatic rings. The molecular weight excluding hydrogens is 366 g/mol. The van der Waals surface area contributed by atoms with Crippen LogP contribution in [0.15, 0.2) is 29.2 Å². The number of benzene rings is 1. The van der Waals surface area contributed by atoms with E-state index in [0.717, 1.165) is 13.1 Å². The monoisotopic (exact) mass is 395 g/mol. The van der Waals surface area contributed by atoms with E-state index >= 15 is 0 Å². The van der Waals surface area contributed by atoms with Crippen molar-refractivity contribution in [1.82, 2.24) is 14.5 Å². The number of hydrogen-bond acceptors (Lipinski definition) is 5. The number of piperidine rings is 1. The average molecular weight is 396 g/mol. The van der Waals surface area contributed by atoms with Crippen LogP contribution in [0.1, 0.15) is 26.7 Å². The summed E-state index contributed by atoms with van der Waals surface area (Å²) in [4.78, 5) is 15.2. The summed E-state index contributed by atoms with van der Waals surface area (Å²) in [6, 6.07) is 6.43. The molecule has 2 aliphatic heterocycles. The molecule has 1 amide bonds. The third-order valence-corrected chi connectivity index (χ3v) is 7.44. The van der Waals surface area contributed by atoms with E-state index in [2.05, 4.69) is 24.1 Å². The van der Waals surface area contributed by atoms with Gasteiger partial charge in [-0.3, -0.25) is 9.69 Å². The lowest BCUT2D eigenvalue weighted by Gasteiger charge is -2.50. The number of methoxy groups -OCH3 is 1. The van der Waals surface area contributed by atoms with Gasteiger partial charge in [0.25, 0.3) is 0 Å². The number of hydrogen-bond donors (Lipinski definition) is 1. The molecule has 3 rings (SSSR count). The minimum atomic E-state index is -3.57. The van der Waals surface area contributed by atoms with Crippen LogP contribution in [0.4, 0.5) is 0 Å². The number of nitrogens with one attached hydrogen (secondary N) is 1. The molecule has 2 heterocycles. The third kappa shape index (κ3) is 3.83. The van der Waals surface area contributed by atoms with Gasteiger partial charge in [0, 0.05) is 32.7 Å². The molecule has 0 aromatic heterocycles. The standard InChI is InChI=1S/C19H29N3O4S/c1-15(2)14-21-13-10-20-18(23)19(21)8-11-22(12-9-19)27(24,25)17-6-4-16(26-3)5-7-17/h4-7,15H,8-14H2,1-3H3,(H,20,23). The van der Waals surface area contributed by atoms with Crippen molar-refractivity contribution in [3.63, 3.8) is 0 Å². The van der Waals surface area contributed by atoms with Crippen LogP contribution in [0.2, 0.25) is 0 Å². The molecule has 1 aromatic rings. The molecule has 0 radical (unpaired) electrons. The van der Waals surface area contributed by atoms with Crippen LogP contribution in [0.5, 0.6) is 5.75 Å². The molecule has 27 heavy (non-hydrogen) atoms. The fourth-order valence-corrected chi connectivity index (χ4v) is 5.51. The number of nitrogens with zero attached hydrogens (tertiary/aromatic N) is 2. The first kappa shape index (κ1) is 20.1. The Morgan fingerprint density at radius 3 is 2.33 bits per heavy atom. The maximum Gasteiger partial charge on any atom is 0.243 e. The molecule has 1 aromatic carbocycles. The van der Waals surface area contributed by atoms with Crippen LogP contribution in [-0.2, 0) is 14.8 Å². The van der Waals surface area contributed by atoms with Gasteiger partial charge in [0.2, 0.25) is 15.9 Å². The molecule has 7 nitrogen and oxygen atoms in total. The van der Waals surface area contributed by atoms with E-state index in [-0.39, 0.29) is 10.8 Å². The Balaban J connectivity index is 1.77. The number of sulfonamides is 1.